The Balaban J connectivity index is 2.22. The van der Waals surface area contributed by atoms with Gasteiger partial charge in [0.05, 0.1) is 6.54 Å². The molecule has 2 N–H and O–H groups in total. The van der Waals surface area contributed by atoms with Gasteiger partial charge in [-0.2, -0.15) is 0 Å². The van der Waals surface area contributed by atoms with Crippen molar-refractivity contribution in [3.05, 3.63) is 22.4 Å². The van der Waals surface area contributed by atoms with Crippen molar-refractivity contribution in [2.24, 2.45) is 0 Å². The van der Waals surface area contributed by atoms with Crippen LogP contribution in [0.5, 0.6) is 0 Å². The highest BCUT2D eigenvalue weighted by molar-refractivity contribution is 7.10. The summed E-state index contributed by atoms with van der Waals surface area (Å²) < 4.78 is 23.4. The first-order valence-electron chi connectivity index (χ1n) is 3.90. The summed E-state index contributed by atoms with van der Waals surface area (Å²) in [6.07, 6.45) is -3.05. The molecule has 0 saturated heterocycles. The van der Waals surface area contributed by atoms with E-state index in [2.05, 4.69) is 5.32 Å². The Hall–Kier alpha value is -0.520. The first-order chi connectivity index (χ1) is 6.20. The maximum atomic E-state index is 11.7. The van der Waals surface area contributed by atoms with Gasteiger partial charge in [-0.3, -0.25) is 0 Å². The number of aliphatic hydroxyl groups excluding tert-OH is 1. The van der Waals surface area contributed by atoms with Gasteiger partial charge >= 0.3 is 0 Å². The normalized spacial score (nSPS) is 13.5. The van der Waals surface area contributed by atoms with Crippen molar-refractivity contribution >= 4 is 11.3 Å². The molecule has 0 spiro atoms. The van der Waals surface area contributed by atoms with E-state index in [0.29, 0.717) is 0 Å². The summed E-state index contributed by atoms with van der Waals surface area (Å²) in [6, 6.07) is 3.59. The molecule has 0 aliphatic carbocycles. The molecule has 0 radical (unpaired) electrons. The summed E-state index contributed by atoms with van der Waals surface area (Å²) >= 11 is 1.41. The second-order valence-corrected chi connectivity index (χ2v) is 3.56. The largest absolute Gasteiger partial charge is 0.386 e. The first kappa shape index (κ1) is 10.6. The molecular weight excluding hydrogens is 196 g/mol. The number of alkyl halides is 2. The van der Waals surface area contributed by atoms with E-state index in [9.17, 15) is 13.9 Å². The number of hydrogen-bond acceptors (Lipinski definition) is 3. The number of halogens is 2. The molecule has 0 aliphatic heterocycles. The molecule has 0 amide bonds. The molecule has 1 aromatic rings. The van der Waals surface area contributed by atoms with Crippen molar-refractivity contribution in [1.29, 1.82) is 0 Å². The molecule has 1 heterocycles. The van der Waals surface area contributed by atoms with Crippen LogP contribution in [0.25, 0.3) is 0 Å². The zero-order valence-electron chi connectivity index (χ0n) is 6.91. The van der Waals surface area contributed by atoms with E-state index in [4.69, 9.17) is 0 Å². The fraction of sp³-hybridized carbons (Fsp3) is 0.500. The zero-order valence-corrected chi connectivity index (χ0v) is 7.73. The topological polar surface area (TPSA) is 32.3 Å². The molecule has 2 nitrogen and oxygen atoms in total. The lowest BCUT2D eigenvalue weighted by Crippen LogP contribution is -2.26. The molecule has 0 saturated carbocycles. The molecule has 1 atom stereocenters. The van der Waals surface area contributed by atoms with Crippen LogP contribution < -0.4 is 5.32 Å². The summed E-state index contributed by atoms with van der Waals surface area (Å²) in [7, 11) is 0. The van der Waals surface area contributed by atoms with Crippen LogP contribution in [-0.4, -0.2) is 24.6 Å². The van der Waals surface area contributed by atoms with Crippen LogP contribution in [0, 0.1) is 0 Å². The maximum Gasteiger partial charge on any atom is 0.250 e. The lowest BCUT2D eigenvalue weighted by Gasteiger charge is -2.09. The fourth-order valence-corrected chi connectivity index (χ4v) is 1.62. The first-order valence-corrected chi connectivity index (χ1v) is 4.78. The molecule has 5 heteroatoms. The van der Waals surface area contributed by atoms with Crippen molar-refractivity contribution in [3.63, 3.8) is 0 Å². The lowest BCUT2D eigenvalue weighted by molar-refractivity contribution is 0.130. The highest BCUT2D eigenvalue weighted by atomic mass is 32.1. The lowest BCUT2D eigenvalue weighted by atomic mass is 10.3. The number of nitrogens with one attached hydrogen (secondary N) is 1. The molecule has 74 valence electrons. The van der Waals surface area contributed by atoms with Crippen LogP contribution >= 0.6 is 11.3 Å². The van der Waals surface area contributed by atoms with E-state index in [1.807, 2.05) is 11.4 Å². The summed E-state index contributed by atoms with van der Waals surface area (Å²) in [5, 5.41) is 13.7. The third-order valence-corrected chi connectivity index (χ3v) is 2.48. The molecule has 1 unspecified atom stereocenters. The highest BCUT2D eigenvalue weighted by Crippen LogP contribution is 2.17. The van der Waals surface area contributed by atoms with Gasteiger partial charge in [0.25, 0.3) is 6.43 Å². The SMILES string of the molecule is OC(CNCC(F)F)c1cccs1. The minimum absolute atomic E-state index is 0.171. The minimum Gasteiger partial charge on any atom is -0.386 e. The van der Waals surface area contributed by atoms with E-state index in [0.717, 1.165) is 4.88 Å². The Bertz CT molecular complexity index is 228. The van der Waals surface area contributed by atoms with Crippen molar-refractivity contribution in [2.45, 2.75) is 12.5 Å². The van der Waals surface area contributed by atoms with Gasteiger partial charge in [0.2, 0.25) is 0 Å². The Morgan fingerprint density at radius 3 is 2.77 bits per heavy atom. The molecule has 13 heavy (non-hydrogen) atoms. The molecule has 1 aromatic heterocycles. The molecule has 0 fully saturated rings. The Morgan fingerprint density at radius 1 is 1.46 bits per heavy atom. The van der Waals surface area contributed by atoms with Gasteiger partial charge < -0.3 is 10.4 Å². The van der Waals surface area contributed by atoms with Gasteiger partial charge in [0.15, 0.2) is 0 Å². The Labute approximate surface area is 79.2 Å². The van der Waals surface area contributed by atoms with E-state index in [1.165, 1.54) is 11.3 Å². The molecule has 1 rings (SSSR count). The molecule has 0 aliphatic rings. The van der Waals surface area contributed by atoms with Gasteiger partial charge in [-0.1, -0.05) is 6.07 Å². The average molecular weight is 207 g/mol. The molecular formula is C8H11F2NOS. The van der Waals surface area contributed by atoms with Crippen molar-refractivity contribution in [2.75, 3.05) is 13.1 Å². The van der Waals surface area contributed by atoms with Crippen molar-refractivity contribution in [1.82, 2.24) is 5.32 Å². The van der Waals surface area contributed by atoms with Gasteiger partial charge in [0.1, 0.15) is 6.10 Å². The maximum absolute atomic E-state index is 11.7. The third-order valence-electron chi connectivity index (χ3n) is 1.51. The van der Waals surface area contributed by atoms with Crippen LogP contribution in [0.1, 0.15) is 11.0 Å². The smallest absolute Gasteiger partial charge is 0.250 e. The van der Waals surface area contributed by atoms with Crippen molar-refractivity contribution in [3.8, 4) is 0 Å². The van der Waals surface area contributed by atoms with Crippen LogP contribution in [0.4, 0.5) is 8.78 Å². The quantitative estimate of drug-likeness (QED) is 0.769. The van der Waals surface area contributed by atoms with Gasteiger partial charge in [-0.05, 0) is 11.4 Å². The zero-order chi connectivity index (χ0) is 9.68. The van der Waals surface area contributed by atoms with E-state index in [1.54, 1.807) is 6.07 Å². The number of rotatable bonds is 5. The predicted octanol–water partition coefficient (Wildman–Crippen LogP) is 1.64. The predicted molar refractivity (Wildman–Crippen MR) is 48.2 cm³/mol. The second-order valence-electron chi connectivity index (χ2n) is 2.58. The third kappa shape index (κ3) is 3.80. The molecule has 0 bridgehead atoms. The van der Waals surface area contributed by atoms with E-state index in [-0.39, 0.29) is 13.1 Å². The van der Waals surface area contributed by atoms with Crippen molar-refractivity contribution < 1.29 is 13.9 Å². The summed E-state index contributed by atoms with van der Waals surface area (Å²) in [6.45, 7) is -0.201. The summed E-state index contributed by atoms with van der Waals surface area (Å²) in [4.78, 5) is 0.793. The van der Waals surface area contributed by atoms with E-state index < -0.39 is 12.5 Å². The number of hydrogen-bond donors (Lipinski definition) is 2. The van der Waals surface area contributed by atoms with E-state index >= 15 is 0 Å². The van der Waals surface area contributed by atoms with Crippen LogP contribution in [-0.2, 0) is 0 Å². The van der Waals surface area contributed by atoms with Crippen LogP contribution in [0.3, 0.4) is 0 Å². The van der Waals surface area contributed by atoms with Gasteiger partial charge in [0, 0.05) is 11.4 Å². The Morgan fingerprint density at radius 2 is 2.23 bits per heavy atom. The average Bonchev–Trinajstić information content (AvgIpc) is 2.55. The Kier molecular flexibility index (Phi) is 4.27. The molecule has 0 aromatic carbocycles. The van der Waals surface area contributed by atoms with Crippen LogP contribution in [0.2, 0.25) is 0 Å². The highest BCUT2D eigenvalue weighted by Gasteiger charge is 2.08. The minimum atomic E-state index is -2.37. The second kappa shape index (κ2) is 5.26. The van der Waals surface area contributed by atoms with Gasteiger partial charge in [-0.15, -0.1) is 11.3 Å². The number of thiophene rings is 1. The van der Waals surface area contributed by atoms with Gasteiger partial charge in [-0.25, -0.2) is 8.78 Å². The standard InChI is InChI=1S/C8H11F2NOS/c9-8(10)5-11-4-6(12)7-2-1-3-13-7/h1-3,6,8,11-12H,4-5H2. The summed E-state index contributed by atoms with van der Waals surface area (Å²) in [5.74, 6) is 0. The van der Waals surface area contributed by atoms with Crippen LogP contribution in [0.15, 0.2) is 17.5 Å². The monoisotopic (exact) mass is 207 g/mol. The fourth-order valence-electron chi connectivity index (χ4n) is 0.911. The number of aliphatic hydroxyl groups is 1. The summed E-state index contributed by atoms with van der Waals surface area (Å²) in [5.41, 5.74) is 0.